The number of nitrogens with one attached hydrogen (secondary N) is 1. The van der Waals surface area contributed by atoms with Crippen LogP contribution in [-0.4, -0.2) is 6.04 Å². The Bertz CT molecular complexity index is 629. The zero-order chi connectivity index (χ0) is 15.4. The highest BCUT2D eigenvalue weighted by Crippen LogP contribution is 2.32. The minimum Gasteiger partial charge on any atom is -0.457 e. The lowest BCUT2D eigenvalue weighted by Gasteiger charge is -2.14. The summed E-state index contributed by atoms with van der Waals surface area (Å²) < 4.78 is 5.89. The van der Waals surface area contributed by atoms with Crippen LogP contribution in [0.4, 0.5) is 0 Å². The molecule has 2 nitrogen and oxygen atoms in total. The smallest absolute Gasteiger partial charge is 0.133 e. The fourth-order valence-corrected chi connectivity index (χ4v) is 2.20. The number of hydrogen-bond donors (Lipinski definition) is 1. The molecule has 0 atom stereocenters. The summed E-state index contributed by atoms with van der Waals surface area (Å²) >= 11 is 18.0. The van der Waals surface area contributed by atoms with Gasteiger partial charge >= 0.3 is 0 Å². The molecule has 0 radical (unpaired) electrons. The van der Waals surface area contributed by atoms with Crippen LogP contribution in [0.5, 0.6) is 11.5 Å². The first-order valence-electron chi connectivity index (χ1n) is 6.60. The van der Waals surface area contributed by atoms with Crippen LogP contribution in [0.25, 0.3) is 0 Å². The van der Waals surface area contributed by atoms with Crippen LogP contribution >= 0.6 is 34.8 Å². The lowest BCUT2D eigenvalue weighted by molar-refractivity contribution is 0.469. The largest absolute Gasteiger partial charge is 0.457 e. The molecule has 0 aliphatic heterocycles. The second kappa shape index (κ2) is 7.37. The van der Waals surface area contributed by atoms with Gasteiger partial charge in [-0.1, -0.05) is 54.7 Å². The lowest BCUT2D eigenvalue weighted by atomic mass is 10.2. The summed E-state index contributed by atoms with van der Waals surface area (Å²) in [6.45, 7) is 4.89. The van der Waals surface area contributed by atoms with E-state index in [0.717, 1.165) is 5.56 Å². The van der Waals surface area contributed by atoms with Gasteiger partial charge < -0.3 is 10.1 Å². The average molecular weight is 345 g/mol. The molecule has 0 aromatic heterocycles. The molecular weight excluding hydrogens is 329 g/mol. The van der Waals surface area contributed by atoms with Crippen molar-refractivity contribution in [3.8, 4) is 11.5 Å². The van der Waals surface area contributed by atoms with E-state index in [4.69, 9.17) is 39.5 Å². The summed E-state index contributed by atoms with van der Waals surface area (Å²) in [7, 11) is 0. The number of rotatable bonds is 5. The number of ether oxygens (including phenoxy) is 1. The van der Waals surface area contributed by atoms with Crippen molar-refractivity contribution in [3.05, 3.63) is 57.0 Å². The van der Waals surface area contributed by atoms with Crippen LogP contribution in [0.2, 0.25) is 15.1 Å². The Morgan fingerprint density at radius 1 is 1.00 bits per heavy atom. The lowest BCUT2D eigenvalue weighted by Crippen LogP contribution is -2.22. The molecule has 2 rings (SSSR count). The van der Waals surface area contributed by atoms with E-state index in [1.54, 1.807) is 24.3 Å². The molecule has 0 saturated carbocycles. The topological polar surface area (TPSA) is 21.3 Å². The molecule has 0 heterocycles. The van der Waals surface area contributed by atoms with E-state index in [2.05, 4.69) is 19.2 Å². The van der Waals surface area contributed by atoms with Gasteiger partial charge in [-0.15, -0.1) is 0 Å². The van der Waals surface area contributed by atoms with Gasteiger partial charge in [-0.25, -0.2) is 0 Å². The maximum Gasteiger partial charge on any atom is 0.133 e. The minimum atomic E-state index is 0.388. The predicted molar refractivity (Wildman–Crippen MR) is 90.0 cm³/mol. The summed E-state index contributed by atoms with van der Waals surface area (Å²) in [5, 5.41) is 4.93. The molecule has 0 amide bonds. The van der Waals surface area contributed by atoms with Gasteiger partial charge in [0.2, 0.25) is 0 Å². The van der Waals surface area contributed by atoms with E-state index >= 15 is 0 Å². The van der Waals surface area contributed by atoms with Gasteiger partial charge in [-0.3, -0.25) is 0 Å². The maximum atomic E-state index is 6.05. The van der Waals surface area contributed by atoms with Gasteiger partial charge in [0.1, 0.15) is 11.5 Å². The molecule has 0 saturated heterocycles. The second-order valence-electron chi connectivity index (χ2n) is 4.97. The maximum absolute atomic E-state index is 6.05. The third kappa shape index (κ3) is 4.79. The molecular formula is C16H16Cl3NO. The first-order valence-corrected chi connectivity index (χ1v) is 7.74. The second-order valence-corrected chi connectivity index (χ2v) is 6.22. The quantitative estimate of drug-likeness (QED) is 0.725. The van der Waals surface area contributed by atoms with E-state index in [1.807, 2.05) is 12.1 Å². The highest BCUT2D eigenvalue weighted by atomic mass is 35.5. The summed E-state index contributed by atoms with van der Waals surface area (Å²) in [6.07, 6.45) is 0. The first kappa shape index (κ1) is 16.4. The predicted octanol–water partition coefficient (Wildman–Crippen LogP) is 5.94. The molecule has 0 aliphatic rings. The third-order valence-corrected chi connectivity index (χ3v) is 3.82. The van der Waals surface area contributed by atoms with Gasteiger partial charge in [-0.2, -0.15) is 0 Å². The van der Waals surface area contributed by atoms with Crippen molar-refractivity contribution < 1.29 is 4.74 Å². The van der Waals surface area contributed by atoms with Gasteiger partial charge in [0.25, 0.3) is 0 Å². The summed E-state index contributed by atoms with van der Waals surface area (Å²) in [5.41, 5.74) is 1.03. The van der Waals surface area contributed by atoms with Gasteiger partial charge in [0.15, 0.2) is 0 Å². The van der Waals surface area contributed by atoms with Crippen LogP contribution in [0.15, 0.2) is 36.4 Å². The highest BCUT2D eigenvalue weighted by Gasteiger charge is 2.08. The van der Waals surface area contributed by atoms with Crippen molar-refractivity contribution in [2.75, 3.05) is 0 Å². The number of halogens is 3. The third-order valence-electron chi connectivity index (χ3n) is 2.85. The zero-order valence-corrected chi connectivity index (χ0v) is 14.1. The van der Waals surface area contributed by atoms with Crippen molar-refractivity contribution in [1.29, 1.82) is 0 Å². The van der Waals surface area contributed by atoms with E-state index in [9.17, 15) is 0 Å². The summed E-state index contributed by atoms with van der Waals surface area (Å²) in [5.74, 6) is 1.33. The van der Waals surface area contributed by atoms with E-state index < -0.39 is 0 Å². The van der Waals surface area contributed by atoms with Crippen LogP contribution in [0.3, 0.4) is 0 Å². The van der Waals surface area contributed by atoms with Gasteiger partial charge in [0, 0.05) is 29.2 Å². The Hall–Kier alpha value is -0.930. The molecule has 21 heavy (non-hydrogen) atoms. The molecule has 112 valence electrons. The summed E-state index contributed by atoms with van der Waals surface area (Å²) in [4.78, 5) is 0. The Morgan fingerprint density at radius 2 is 1.76 bits per heavy atom. The molecule has 1 N–H and O–H groups in total. The number of benzene rings is 2. The average Bonchev–Trinajstić information content (AvgIpc) is 2.42. The van der Waals surface area contributed by atoms with Crippen molar-refractivity contribution in [1.82, 2.24) is 5.32 Å². The van der Waals surface area contributed by atoms with Crippen LogP contribution < -0.4 is 10.1 Å². The molecule has 2 aromatic carbocycles. The van der Waals surface area contributed by atoms with Crippen LogP contribution in [-0.2, 0) is 6.54 Å². The fraction of sp³-hybridized carbons (Fsp3) is 0.250. The zero-order valence-electron chi connectivity index (χ0n) is 11.8. The summed E-state index contributed by atoms with van der Waals surface area (Å²) in [6, 6.07) is 11.1. The molecule has 5 heteroatoms. The monoisotopic (exact) mass is 343 g/mol. The Balaban J connectivity index is 2.24. The van der Waals surface area contributed by atoms with Crippen LogP contribution in [0.1, 0.15) is 19.4 Å². The highest BCUT2D eigenvalue weighted by molar-refractivity contribution is 6.42. The first-order chi connectivity index (χ1) is 9.95. The molecule has 2 aromatic rings. The number of hydrogen-bond acceptors (Lipinski definition) is 2. The minimum absolute atomic E-state index is 0.388. The van der Waals surface area contributed by atoms with Gasteiger partial charge in [-0.05, 0) is 24.3 Å². The van der Waals surface area contributed by atoms with Crippen molar-refractivity contribution in [2.24, 2.45) is 0 Å². The van der Waals surface area contributed by atoms with E-state index in [1.165, 1.54) is 0 Å². The molecule has 0 bridgehead atoms. The Labute approximate surface area is 140 Å². The van der Waals surface area contributed by atoms with Gasteiger partial charge in [0.05, 0.1) is 10.0 Å². The van der Waals surface area contributed by atoms with Crippen molar-refractivity contribution >= 4 is 34.8 Å². The molecule has 0 fully saturated rings. The Morgan fingerprint density at radius 3 is 2.43 bits per heavy atom. The molecule has 0 aliphatic carbocycles. The SMILES string of the molecule is CC(C)NCc1ccc(Cl)cc1Oc1ccc(Cl)c(Cl)c1. The fourth-order valence-electron chi connectivity index (χ4n) is 1.75. The van der Waals surface area contributed by atoms with E-state index in [-0.39, 0.29) is 0 Å². The Kier molecular flexibility index (Phi) is 5.77. The van der Waals surface area contributed by atoms with E-state index in [0.29, 0.717) is 39.2 Å². The van der Waals surface area contributed by atoms with Crippen molar-refractivity contribution in [2.45, 2.75) is 26.4 Å². The molecule has 0 unspecified atom stereocenters. The van der Waals surface area contributed by atoms with Crippen molar-refractivity contribution in [3.63, 3.8) is 0 Å². The standard InChI is InChI=1S/C16H16Cl3NO/c1-10(2)20-9-11-3-4-12(17)7-16(11)21-13-5-6-14(18)15(19)8-13/h3-8,10,20H,9H2,1-2H3. The normalized spacial score (nSPS) is 11.0. The molecule has 0 spiro atoms. The van der Waals surface area contributed by atoms with Crippen LogP contribution in [0, 0.1) is 0 Å².